The topological polar surface area (TPSA) is 39.3 Å². The molecule has 1 aromatic heterocycles. The number of piperidine rings is 1. The Hall–Kier alpha value is -1.13. The lowest BCUT2D eigenvalue weighted by Crippen LogP contribution is -2.48. The molecule has 2 heterocycles. The Balaban J connectivity index is 1.79. The number of nitrogens with zero attached hydrogens (tertiary/aromatic N) is 2. The maximum absolute atomic E-state index is 13.1. The molecule has 1 fully saturated rings. The molecule has 2 aliphatic rings. The maximum Gasteiger partial charge on any atom is 0.169 e. The van der Waals surface area contributed by atoms with E-state index in [1.165, 1.54) is 17.0 Å². The van der Waals surface area contributed by atoms with Crippen LogP contribution in [0.5, 0.6) is 0 Å². The van der Waals surface area contributed by atoms with Crippen molar-refractivity contribution in [2.24, 2.45) is 11.8 Å². The highest BCUT2D eigenvalue weighted by Crippen LogP contribution is 2.37. The molecule has 0 spiro atoms. The number of carbonyl (C=O) groups excluding carboxylic acids is 1. The van der Waals surface area contributed by atoms with Gasteiger partial charge in [0.25, 0.3) is 0 Å². The number of Topliss-reactive ketones (excluding diaryl/α,β-unsaturated/α-hetero) is 1. The highest BCUT2D eigenvalue weighted by molar-refractivity contribution is 6.02. The highest BCUT2D eigenvalue weighted by atomic mass is 16.1. The molecular weight excluding hydrogens is 274 g/mol. The van der Waals surface area contributed by atoms with Crippen molar-refractivity contribution in [2.45, 2.75) is 33.1 Å². The molecule has 122 valence electrons. The summed E-state index contributed by atoms with van der Waals surface area (Å²) in [4.78, 5) is 21.3. The number of H-pyrrole nitrogens is 1. The van der Waals surface area contributed by atoms with E-state index in [9.17, 15) is 4.79 Å². The monoisotopic (exact) mass is 303 g/mol. The number of aromatic amines is 1. The first kappa shape index (κ1) is 15.8. The summed E-state index contributed by atoms with van der Waals surface area (Å²) < 4.78 is 0. The van der Waals surface area contributed by atoms with Gasteiger partial charge in [0.15, 0.2) is 5.78 Å². The van der Waals surface area contributed by atoms with Gasteiger partial charge in [-0.25, -0.2) is 0 Å². The van der Waals surface area contributed by atoms with Crippen LogP contribution in [-0.2, 0) is 12.8 Å². The Kier molecular flexibility index (Phi) is 4.42. The number of ketones is 1. The fraction of sp³-hybridized carbons (Fsp3) is 0.722. The number of likely N-dealkylation sites (tertiary alicyclic amines) is 1. The highest BCUT2D eigenvalue weighted by Gasteiger charge is 2.41. The molecule has 0 amide bonds. The van der Waals surface area contributed by atoms with E-state index in [0.29, 0.717) is 11.7 Å². The zero-order chi connectivity index (χ0) is 15.9. The minimum absolute atomic E-state index is 0.212. The summed E-state index contributed by atoms with van der Waals surface area (Å²) in [5, 5.41) is 0. The van der Waals surface area contributed by atoms with Crippen molar-refractivity contribution in [2.75, 3.05) is 40.3 Å². The van der Waals surface area contributed by atoms with Crippen LogP contribution in [0.4, 0.5) is 0 Å². The number of nitrogens with one attached hydrogen (secondary N) is 1. The van der Waals surface area contributed by atoms with Gasteiger partial charge in [0.2, 0.25) is 0 Å². The van der Waals surface area contributed by atoms with Gasteiger partial charge < -0.3 is 14.8 Å². The number of fused-ring (bicyclic) bond motifs is 2. The fourth-order valence-electron chi connectivity index (χ4n) is 4.23. The molecule has 0 radical (unpaired) electrons. The number of carbonyl (C=O) groups is 1. The van der Waals surface area contributed by atoms with Crippen molar-refractivity contribution >= 4 is 5.78 Å². The molecule has 2 atom stereocenters. The molecule has 1 aliphatic heterocycles. The predicted octanol–water partition coefficient (Wildman–Crippen LogP) is 2.12. The Morgan fingerprint density at radius 2 is 2.14 bits per heavy atom. The van der Waals surface area contributed by atoms with Crippen molar-refractivity contribution in [1.82, 2.24) is 14.8 Å². The third kappa shape index (κ3) is 2.74. The van der Waals surface area contributed by atoms with Crippen molar-refractivity contribution < 1.29 is 4.79 Å². The second-order valence-corrected chi connectivity index (χ2v) is 7.26. The van der Waals surface area contributed by atoms with Crippen LogP contribution in [0.15, 0.2) is 0 Å². The van der Waals surface area contributed by atoms with Gasteiger partial charge in [-0.05, 0) is 58.3 Å². The molecule has 4 heteroatoms. The molecule has 1 aromatic rings. The molecule has 4 nitrogen and oxygen atoms in total. The number of hydrogen-bond acceptors (Lipinski definition) is 3. The molecule has 1 saturated heterocycles. The van der Waals surface area contributed by atoms with E-state index in [4.69, 9.17) is 0 Å². The van der Waals surface area contributed by atoms with Crippen LogP contribution in [0.25, 0.3) is 0 Å². The number of hydrogen-bond donors (Lipinski definition) is 1. The molecule has 1 aliphatic carbocycles. The van der Waals surface area contributed by atoms with Crippen LogP contribution < -0.4 is 0 Å². The van der Waals surface area contributed by atoms with Crippen LogP contribution in [0.2, 0.25) is 0 Å². The maximum atomic E-state index is 13.1. The Morgan fingerprint density at radius 3 is 2.82 bits per heavy atom. The minimum Gasteiger partial charge on any atom is -0.362 e. The first-order valence-corrected chi connectivity index (χ1v) is 8.62. The Morgan fingerprint density at radius 1 is 1.36 bits per heavy atom. The minimum atomic E-state index is 0.212. The van der Waals surface area contributed by atoms with Crippen molar-refractivity contribution in [3.63, 3.8) is 0 Å². The Bertz CT molecular complexity index is 561. The fourth-order valence-corrected chi connectivity index (χ4v) is 4.23. The first-order chi connectivity index (χ1) is 10.5. The van der Waals surface area contributed by atoms with Crippen molar-refractivity contribution in [3.05, 3.63) is 22.5 Å². The number of aryl methyl sites for hydroxylation is 1. The number of rotatable bonds is 4. The summed E-state index contributed by atoms with van der Waals surface area (Å²) in [6.45, 7) is 8.49. The third-order valence-corrected chi connectivity index (χ3v) is 5.50. The average molecular weight is 303 g/mol. The van der Waals surface area contributed by atoms with Gasteiger partial charge in [0.1, 0.15) is 0 Å². The lowest BCUT2D eigenvalue weighted by Gasteiger charge is -2.40. The smallest absolute Gasteiger partial charge is 0.169 e. The molecule has 0 aromatic carbocycles. The van der Waals surface area contributed by atoms with E-state index in [2.05, 4.69) is 42.7 Å². The molecule has 22 heavy (non-hydrogen) atoms. The van der Waals surface area contributed by atoms with E-state index in [-0.39, 0.29) is 5.92 Å². The largest absolute Gasteiger partial charge is 0.362 e. The van der Waals surface area contributed by atoms with E-state index in [1.807, 2.05) is 0 Å². The zero-order valence-corrected chi connectivity index (χ0v) is 14.4. The van der Waals surface area contributed by atoms with Gasteiger partial charge in [-0.15, -0.1) is 0 Å². The van der Waals surface area contributed by atoms with Crippen LogP contribution in [0.1, 0.15) is 40.7 Å². The van der Waals surface area contributed by atoms with E-state index < -0.39 is 0 Å². The Labute approximate surface area is 133 Å². The van der Waals surface area contributed by atoms with Crippen LogP contribution in [0.3, 0.4) is 0 Å². The van der Waals surface area contributed by atoms with Crippen molar-refractivity contribution in [1.29, 1.82) is 0 Å². The third-order valence-electron chi connectivity index (χ3n) is 5.50. The molecular formula is C18H29N3O. The summed E-state index contributed by atoms with van der Waals surface area (Å²) in [6, 6.07) is 0. The van der Waals surface area contributed by atoms with E-state index in [1.54, 1.807) is 0 Å². The van der Waals surface area contributed by atoms with Crippen LogP contribution >= 0.6 is 0 Å². The van der Waals surface area contributed by atoms with Crippen LogP contribution in [0, 0.1) is 18.8 Å². The lowest BCUT2D eigenvalue weighted by molar-refractivity contribution is 0.0648. The summed E-state index contributed by atoms with van der Waals surface area (Å²) in [6.07, 6.45) is 3.17. The SMILES string of the molecule is CCc1c(C)[nH]c2c1C(=O)C1CN(CCN(C)C)CCC1C2. The van der Waals surface area contributed by atoms with Gasteiger partial charge >= 0.3 is 0 Å². The normalized spacial score (nSPS) is 25.4. The van der Waals surface area contributed by atoms with Crippen molar-refractivity contribution in [3.8, 4) is 0 Å². The van der Waals surface area contributed by atoms with E-state index in [0.717, 1.165) is 51.0 Å². The van der Waals surface area contributed by atoms with Gasteiger partial charge in [0, 0.05) is 42.5 Å². The summed E-state index contributed by atoms with van der Waals surface area (Å²) >= 11 is 0. The van der Waals surface area contributed by atoms with Crippen LogP contribution in [-0.4, -0.2) is 60.8 Å². The molecule has 1 N–H and O–H groups in total. The van der Waals surface area contributed by atoms with Gasteiger partial charge in [-0.3, -0.25) is 4.79 Å². The van der Waals surface area contributed by atoms with Gasteiger partial charge in [-0.2, -0.15) is 0 Å². The average Bonchev–Trinajstić information content (AvgIpc) is 2.81. The first-order valence-electron chi connectivity index (χ1n) is 8.62. The summed E-state index contributed by atoms with van der Waals surface area (Å²) in [5.74, 6) is 1.16. The zero-order valence-electron chi connectivity index (χ0n) is 14.4. The summed E-state index contributed by atoms with van der Waals surface area (Å²) in [7, 11) is 4.22. The molecule has 3 rings (SSSR count). The quantitative estimate of drug-likeness (QED) is 0.926. The van der Waals surface area contributed by atoms with E-state index >= 15 is 0 Å². The second kappa shape index (κ2) is 6.17. The van der Waals surface area contributed by atoms with Gasteiger partial charge in [0.05, 0.1) is 0 Å². The molecule has 0 saturated carbocycles. The summed E-state index contributed by atoms with van der Waals surface area (Å²) in [5.41, 5.74) is 4.70. The number of aromatic nitrogens is 1. The molecule has 0 bridgehead atoms. The second-order valence-electron chi connectivity index (χ2n) is 7.26. The van der Waals surface area contributed by atoms with Gasteiger partial charge in [-0.1, -0.05) is 6.92 Å². The number of likely N-dealkylation sites (N-methyl/N-ethyl adjacent to an activating group) is 1. The lowest BCUT2D eigenvalue weighted by atomic mass is 9.72. The predicted molar refractivity (Wildman–Crippen MR) is 89.5 cm³/mol. The molecule has 2 unspecified atom stereocenters. The standard InChI is InChI=1S/C18H29N3O/c1-5-14-12(2)19-16-10-13-6-7-21(9-8-20(3)4)11-15(13)18(22)17(14)16/h13,15,19H,5-11H2,1-4H3.